The lowest BCUT2D eigenvalue weighted by Crippen LogP contribution is -2.55. The van der Waals surface area contributed by atoms with Crippen molar-refractivity contribution in [1.29, 1.82) is 0 Å². The third-order valence-electron chi connectivity index (χ3n) is 5.62. The first kappa shape index (κ1) is 22.4. The van der Waals surface area contributed by atoms with E-state index in [1.165, 1.54) is 11.3 Å². The van der Waals surface area contributed by atoms with Crippen LogP contribution in [0.4, 0.5) is 5.69 Å². The summed E-state index contributed by atoms with van der Waals surface area (Å²) in [6.45, 7) is 3.85. The van der Waals surface area contributed by atoms with Gasteiger partial charge in [0.15, 0.2) is 0 Å². The number of anilines is 1. The molecule has 0 spiro atoms. The van der Waals surface area contributed by atoms with Crippen LogP contribution in [-0.4, -0.2) is 34.7 Å². The van der Waals surface area contributed by atoms with Crippen molar-refractivity contribution in [2.24, 2.45) is 0 Å². The number of nitrogens with one attached hydrogen (secondary N) is 1. The minimum atomic E-state index is -1.13. The zero-order valence-corrected chi connectivity index (χ0v) is 19.1. The van der Waals surface area contributed by atoms with Gasteiger partial charge in [-0.2, -0.15) is 0 Å². The maximum Gasteiger partial charge on any atom is 0.269 e. The van der Waals surface area contributed by atoms with Crippen molar-refractivity contribution in [2.45, 2.75) is 32.7 Å². The fourth-order valence-electron chi connectivity index (χ4n) is 3.68. The molecule has 2 heterocycles. The summed E-state index contributed by atoms with van der Waals surface area (Å²) in [5, 5.41) is 2.87. The number of hydrogen-bond donors (Lipinski definition) is 1. The van der Waals surface area contributed by atoms with Crippen molar-refractivity contribution in [2.75, 3.05) is 4.90 Å². The van der Waals surface area contributed by atoms with Crippen LogP contribution in [0.5, 0.6) is 0 Å². The van der Waals surface area contributed by atoms with E-state index in [1.807, 2.05) is 37.4 Å². The van der Waals surface area contributed by atoms with E-state index < -0.39 is 29.7 Å². The second-order valence-electron chi connectivity index (χ2n) is 7.88. The molecule has 1 fully saturated rings. The highest BCUT2D eigenvalue weighted by molar-refractivity contribution is 7.10. The number of nitrogens with zero attached hydrogens (tertiary/aromatic N) is 2. The fraction of sp³-hybridized carbons (Fsp3) is 0.200. The molecule has 0 radical (unpaired) electrons. The van der Waals surface area contributed by atoms with E-state index in [2.05, 4.69) is 5.43 Å². The molecule has 1 aliphatic heterocycles. The number of hydrogen-bond acceptors (Lipinski definition) is 5. The predicted molar refractivity (Wildman–Crippen MR) is 126 cm³/mol. The molecule has 1 atom stereocenters. The molecule has 1 aromatic heterocycles. The molecule has 4 rings (SSSR count). The van der Waals surface area contributed by atoms with E-state index in [4.69, 9.17) is 0 Å². The van der Waals surface area contributed by atoms with E-state index in [0.717, 1.165) is 25.9 Å². The summed E-state index contributed by atoms with van der Waals surface area (Å²) in [5.74, 6) is -1.96. The monoisotopic (exact) mass is 461 g/mol. The quantitative estimate of drug-likeness (QED) is 0.466. The third kappa shape index (κ3) is 4.70. The van der Waals surface area contributed by atoms with Crippen LogP contribution < -0.4 is 10.3 Å². The van der Waals surface area contributed by atoms with Crippen molar-refractivity contribution < 1.29 is 19.2 Å². The van der Waals surface area contributed by atoms with Crippen LogP contribution >= 0.6 is 11.3 Å². The summed E-state index contributed by atoms with van der Waals surface area (Å²) in [6.07, 6.45) is -0.203. The smallest absolute Gasteiger partial charge is 0.269 e. The maximum atomic E-state index is 13.3. The largest absolute Gasteiger partial charge is 0.274 e. The Balaban J connectivity index is 1.63. The van der Waals surface area contributed by atoms with Gasteiger partial charge in [0.25, 0.3) is 11.8 Å². The van der Waals surface area contributed by atoms with Gasteiger partial charge in [0.05, 0.1) is 18.5 Å². The first-order chi connectivity index (χ1) is 15.8. The summed E-state index contributed by atoms with van der Waals surface area (Å²) in [7, 11) is 0. The zero-order valence-electron chi connectivity index (χ0n) is 18.3. The van der Waals surface area contributed by atoms with Crippen LogP contribution in [-0.2, 0) is 20.8 Å². The van der Waals surface area contributed by atoms with Gasteiger partial charge in [-0.15, -0.1) is 11.3 Å². The third-order valence-corrected chi connectivity index (χ3v) is 6.49. The van der Waals surface area contributed by atoms with Crippen LogP contribution in [0.15, 0.2) is 66.0 Å². The van der Waals surface area contributed by atoms with Gasteiger partial charge >= 0.3 is 0 Å². The zero-order chi connectivity index (χ0) is 23.5. The molecule has 1 unspecified atom stereocenters. The molecule has 0 aliphatic carbocycles. The number of thiophene rings is 1. The standard InChI is InChI=1S/C25H23N3O4S/c1-16-10-11-19(13-17(16)2)27-22(29)15-21(25(27)32)28(23(30)14-20-9-6-12-33-20)26-24(31)18-7-4-3-5-8-18/h3-13,21H,14-15H2,1-2H3,(H,26,31). The van der Waals surface area contributed by atoms with Crippen molar-refractivity contribution >= 4 is 40.7 Å². The lowest BCUT2D eigenvalue weighted by atomic mass is 10.1. The van der Waals surface area contributed by atoms with Gasteiger partial charge in [-0.3, -0.25) is 24.6 Å². The summed E-state index contributed by atoms with van der Waals surface area (Å²) < 4.78 is 0. The molecule has 2 aromatic carbocycles. The van der Waals surface area contributed by atoms with Crippen LogP contribution in [0.1, 0.15) is 32.8 Å². The fourth-order valence-corrected chi connectivity index (χ4v) is 4.37. The number of carbonyl (C=O) groups is 4. The molecular weight excluding hydrogens is 438 g/mol. The van der Waals surface area contributed by atoms with Crippen LogP contribution in [0.25, 0.3) is 0 Å². The van der Waals surface area contributed by atoms with Crippen LogP contribution in [0, 0.1) is 13.8 Å². The van der Waals surface area contributed by atoms with E-state index in [1.54, 1.807) is 42.5 Å². The number of amides is 4. The molecule has 1 aliphatic rings. The number of hydrazine groups is 1. The first-order valence-corrected chi connectivity index (χ1v) is 11.4. The highest BCUT2D eigenvalue weighted by atomic mass is 32.1. The highest BCUT2D eigenvalue weighted by Gasteiger charge is 2.45. The molecule has 4 amide bonds. The SMILES string of the molecule is Cc1ccc(N2C(=O)CC(N(NC(=O)c3ccccc3)C(=O)Cc3cccs3)C2=O)cc1C. The Labute approximate surface area is 195 Å². The number of carbonyl (C=O) groups excluding carboxylic acids is 4. The van der Waals surface area contributed by atoms with E-state index >= 15 is 0 Å². The average molecular weight is 462 g/mol. The molecule has 168 valence electrons. The highest BCUT2D eigenvalue weighted by Crippen LogP contribution is 2.27. The van der Waals surface area contributed by atoms with Gasteiger partial charge in [-0.1, -0.05) is 30.3 Å². The maximum absolute atomic E-state index is 13.3. The Bertz CT molecular complexity index is 1210. The lowest BCUT2D eigenvalue weighted by Gasteiger charge is -2.28. The summed E-state index contributed by atoms with van der Waals surface area (Å²) in [4.78, 5) is 54.1. The summed E-state index contributed by atoms with van der Waals surface area (Å²) in [6, 6.07) is 16.2. The number of rotatable bonds is 5. The summed E-state index contributed by atoms with van der Waals surface area (Å²) >= 11 is 1.41. The van der Waals surface area contributed by atoms with Crippen molar-refractivity contribution in [3.8, 4) is 0 Å². The molecule has 0 saturated carbocycles. The lowest BCUT2D eigenvalue weighted by molar-refractivity contribution is -0.140. The molecule has 3 aromatic rings. The van der Waals surface area contributed by atoms with Crippen molar-refractivity contribution in [3.63, 3.8) is 0 Å². The molecule has 1 saturated heterocycles. The number of benzene rings is 2. The Hall–Kier alpha value is -3.78. The first-order valence-electron chi connectivity index (χ1n) is 10.5. The van der Waals surface area contributed by atoms with E-state index in [0.29, 0.717) is 11.3 Å². The molecule has 0 bridgehead atoms. The molecule has 33 heavy (non-hydrogen) atoms. The van der Waals surface area contributed by atoms with Crippen LogP contribution in [0.2, 0.25) is 0 Å². The van der Waals surface area contributed by atoms with E-state index in [-0.39, 0.29) is 12.8 Å². The van der Waals surface area contributed by atoms with Gasteiger partial charge in [0, 0.05) is 10.4 Å². The minimum Gasteiger partial charge on any atom is -0.274 e. The Morgan fingerprint density at radius 3 is 2.45 bits per heavy atom. The Kier molecular flexibility index (Phi) is 6.37. The Morgan fingerprint density at radius 2 is 1.79 bits per heavy atom. The molecular formula is C25H23N3O4S. The van der Waals surface area contributed by atoms with E-state index in [9.17, 15) is 19.2 Å². The second-order valence-corrected chi connectivity index (χ2v) is 8.91. The van der Waals surface area contributed by atoms with Crippen molar-refractivity contribution in [1.82, 2.24) is 10.4 Å². The normalized spacial score (nSPS) is 15.6. The van der Waals surface area contributed by atoms with Gasteiger partial charge < -0.3 is 0 Å². The van der Waals surface area contributed by atoms with Gasteiger partial charge in [0.2, 0.25) is 11.8 Å². The molecule has 1 N–H and O–H groups in total. The molecule has 7 nitrogen and oxygen atoms in total. The van der Waals surface area contributed by atoms with Gasteiger partial charge in [-0.25, -0.2) is 9.91 Å². The Morgan fingerprint density at radius 1 is 1.03 bits per heavy atom. The second kappa shape index (κ2) is 9.38. The predicted octanol–water partition coefficient (Wildman–Crippen LogP) is 3.41. The summed E-state index contributed by atoms with van der Waals surface area (Å²) in [5.41, 5.74) is 5.36. The van der Waals surface area contributed by atoms with Gasteiger partial charge in [0.1, 0.15) is 6.04 Å². The number of aryl methyl sites for hydroxylation is 2. The average Bonchev–Trinajstić information content (AvgIpc) is 3.41. The van der Waals surface area contributed by atoms with Gasteiger partial charge in [-0.05, 0) is 60.7 Å². The van der Waals surface area contributed by atoms with Crippen molar-refractivity contribution in [3.05, 3.63) is 87.6 Å². The topological polar surface area (TPSA) is 86.8 Å². The minimum absolute atomic E-state index is 0.00828. The van der Waals surface area contributed by atoms with Crippen LogP contribution in [0.3, 0.4) is 0 Å². The molecule has 8 heteroatoms. The number of imide groups is 1.